The Kier molecular flexibility index (Phi) is 11.6. The number of carbonyl (C=O) groups excluding carboxylic acids is 3. The number of likely N-dealkylation sites (N-methyl/N-ethyl adjacent to an activating group) is 1. The first-order chi connectivity index (χ1) is 19.5. The first-order valence-corrected chi connectivity index (χ1v) is 14.3. The van der Waals surface area contributed by atoms with Crippen LogP contribution in [-0.4, -0.2) is 67.0 Å². The van der Waals surface area contributed by atoms with E-state index in [1.54, 1.807) is 32.2 Å². The van der Waals surface area contributed by atoms with E-state index >= 15 is 0 Å². The lowest BCUT2D eigenvalue weighted by atomic mass is 9.97. The summed E-state index contributed by atoms with van der Waals surface area (Å²) in [5.74, 6) is -1.56. The van der Waals surface area contributed by atoms with Gasteiger partial charge in [0.05, 0.1) is 6.04 Å². The summed E-state index contributed by atoms with van der Waals surface area (Å²) in [7, 11) is 1.57. The topological polar surface area (TPSA) is 99.8 Å². The molecule has 3 N–H and O–H groups in total. The summed E-state index contributed by atoms with van der Waals surface area (Å²) in [6, 6.07) is 7.75. The monoisotopic (exact) mass is 572 g/mol. The molecule has 0 saturated carbocycles. The second-order valence-corrected chi connectivity index (χ2v) is 10.9. The van der Waals surface area contributed by atoms with Crippen LogP contribution in [0.4, 0.5) is 8.78 Å². The van der Waals surface area contributed by atoms with Crippen LogP contribution in [0.2, 0.25) is 0 Å². The zero-order valence-corrected chi connectivity index (χ0v) is 24.5. The zero-order valence-electron chi connectivity index (χ0n) is 24.5. The van der Waals surface area contributed by atoms with E-state index in [2.05, 4.69) is 16.0 Å². The van der Waals surface area contributed by atoms with Crippen LogP contribution in [0.3, 0.4) is 0 Å². The quantitative estimate of drug-likeness (QED) is 0.522. The first-order valence-electron chi connectivity index (χ1n) is 14.3. The number of rotatable bonds is 4. The number of nitrogens with one attached hydrogen (secondary N) is 3. The highest BCUT2D eigenvalue weighted by Gasteiger charge is 2.33. The van der Waals surface area contributed by atoms with E-state index in [1.807, 2.05) is 20.8 Å². The third-order valence-electron chi connectivity index (χ3n) is 7.68. The maximum absolute atomic E-state index is 14.1. The molecule has 0 aliphatic carbocycles. The maximum atomic E-state index is 14.1. The van der Waals surface area contributed by atoms with Gasteiger partial charge in [0.15, 0.2) is 0 Å². The van der Waals surface area contributed by atoms with Crippen molar-refractivity contribution in [1.82, 2.24) is 20.9 Å². The van der Waals surface area contributed by atoms with Crippen LogP contribution in [0.1, 0.15) is 51.7 Å². The van der Waals surface area contributed by atoms with Crippen molar-refractivity contribution in [3.8, 4) is 5.75 Å². The molecule has 8 nitrogen and oxygen atoms in total. The number of benzene rings is 2. The Morgan fingerprint density at radius 2 is 1.71 bits per heavy atom. The van der Waals surface area contributed by atoms with Gasteiger partial charge >= 0.3 is 0 Å². The van der Waals surface area contributed by atoms with E-state index in [1.165, 1.54) is 29.2 Å². The number of hydrogen-bond acceptors (Lipinski definition) is 5. The van der Waals surface area contributed by atoms with Crippen molar-refractivity contribution in [1.29, 1.82) is 0 Å². The van der Waals surface area contributed by atoms with Gasteiger partial charge < -0.3 is 25.6 Å². The van der Waals surface area contributed by atoms with Gasteiger partial charge in [-0.1, -0.05) is 38.5 Å². The van der Waals surface area contributed by atoms with E-state index in [0.717, 1.165) is 12.0 Å². The molecule has 0 bridgehead atoms. The highest BCUT2D eigenvalue weighted by atomic mass is 19.1. The van der Waals surface area contributed by atoms with Gasteiger partial charge in [-0.05, 0) is 61.9 Å². The van der Waals surface area contributed by atoms with Crippen molar-refractivity contribution in [2.24, 2.45) is 5.92 Å². The fraction of sp³-hybridized carbons (Fsp3) is 0.516. The molecule has 224 valence electrons. The van der Waals surface area contributed by atoms with Gasteiger partial charge in [-0.25, -0.2) is 8.78 Å². The van der Waals surface area contributed by atoms with Crippen molar-refractivity contribution in [2.45, 2.75) is 77.6 Å². The molecular formula is C31H42F2N4O4. The number of fused-ring (bicyclic) bond motifs is 1. The molecule has 1 aliphatic heterocycles. The molecule has 1 aliphatic rings. The van der Waals surface area contributed by atoms with Crippen LogP contribution in [0.15, 0.2) is 42.5 Å². The van der Waals surface area contributed by atoms with Gasteiger partial charge in [0.1, 0.15) is 35.6 Å². The lowest BCUT2D eigenvalue weighted by Gasteiger charge is -2.33. The Labute approximate surface area is 241 Å². The summed E-state index contributed by atoms with van der Waals surface area (Å²) in [4.78, 5) is 41.5. The van der Waals surface area contributed by atoms with Gasteiger partial charge in [0.2, 0.25) is 17.7 Å². The van der Waals surface area contributed by atoms with Gasteiger partial charge in [0, 0.05) is 32.6 Å². The number of halogens is 2. The molecule has 0 fully saturated rings. The van der Waals surface area contributed by atoms with E-state index in [0.29, 0.717) is 37.2 Å². The van der Waals surface area contributed by atoms with Gasteiger partial charge in [-0.2, -0.15) is 0 Å². The highest BCUT2D eigenvalue weighted by molar-refractivity contribution is 5.93. The molecule has 2 aromatic carbocycles. The van der Waals surface area contributed by atoms with Crippen molar-refractivity contribution < 1.29 is 27.9 Å². The molecule has 41 heavy (non-hydrogen) atoms. The molecule has 2 aromatic rings. The largest absolute Gasteiger partial charge is 0.489 e. The number of aryl methyl sites for hydroxylation is 1. The second kappa shape index (κ2) is 14.9. The number of carbonyl (C=O) groups is 3. The molecule has 3 amide bonds. The van der Waals surface area contributed by atoms with E-state index in [9.17, 15) is 23.2 Å². The Hall–Kier alpha value is -3.53. The molecular weight excluding hydrogens is 530 g/mol. The summed E-state index contributed by atoms with van der Waals surface area (Å²) in [6.07, 6.45) is 1.59. The molecule has 0 saturated heterocycles. The predicted octanol–water partition coefficient (Wildman–Crippen LogP) is 3.37. The number of amides is 3. The van der Waals surface area contributed by atoms with Crippen LogP contribution < -0.4 is 20.7 Å². The van der Waals surface area contributed by atoms with Crippen LogP contribution in [-0.2, 0) is 27.2 Å². The minimum absolute atomic E-state index is 0.0419. The molecule has 0 spiro atoms. The van der Waals surface area contributed by atoms with E-state index in [4.69, 9.17) is 4.74 Å². The van der Waals surface area contributed by atoms with Gasteiger partial charge in [0.25, 0.3) is 0 Å². The molecule has 5 atom stereocenters. The van der Waals surface area contributed by atoms with Crippen LogP contribution >= 0.6 is 0 Å². The van der Waals surface area contributed by atoms with Crippen molar-refractivity contribution >= 4 is 17.7 Å². The Morgan fingerprint density at radius 3 is 2.39 bits per heavy atom. The summed E-state index contributed by atoms with van der Waals surface area (Å²) < 4.78 is 33.7. The summed E-state index contributed by atoms with van der Waals surface area (Å²) >= 11 is 0. The Bertz CT molecular complexity index is 1190. The van der Waals surface area contributed by atoms with Crippen molar-refractivity contribution in [2.75, 3.05) is 20.1 Å². The highest BCUT2D eigenvalue weighted by Crippen LogP contribution is 2.23. The number of nitrogens with zero attached hydrogens (tertiary/aromatic N) is 1. The van der Waals surface area contributed by atoms with Gasteiger partial charge in [-0.3, -0.25) is 14.4 Å². The van der Waals surface area contributed by atoms with Crippen molar-refractivity contribution in [3.63, 3.8) is 0 Å². The Balaban J connectivity index is 1.90. The number of ether oxygens (including phenoxy) is 1. The van der Waals surface area contributed by atoms with Crippen molar-refractivity contribution in [3.05, 3.63) is 65.2 Å². The maximum Gasteiger partial charge on any atom is 0.243 e. The average Bonchev–Trinajstić information content (AvgIpc) is 2.95. The Morgan fingerprint density at radius 1 is 1.02 bits per heavy atom. The molecule has 10 heteroatoms. The predicted molar refractivity (Wildman–Crippen MR) is 153 cm³/mol. The lowest BCUT2D eigenvalue weighted by Crippen LogP contribution is -2.57. The fourth-order valence-electron chi connectivity index (χ4n) is 4.72. The van der Waals surface area contributed by atoms with E-state index < -0.39 is 41.6 Å². The van der Waals surface area contributed by atoms with Crippen LogP contribution in [0.25, 0.3) is 0 Å². The first kappa shape index (κ1) is 32.0. The SMILES string of the molecule is CCC(C)[C@@H]1NC[C@@H](C)Oc2cc(F)ccc2CCCNC(=O)[C@@H](Cc2ccc(F)cc2)NC(=O)[C@@H](C)N(C)C1=O. The molecule has 0 radical (unpaired) electrons. The number of hydrogen-bond donors (Lipinski definition) is 3. The fourth-order valence-corrected chi connectivity index (χ4v) is 4.72. The van der Waals surface area contributed by atoms with E-state index in [-0.39, 0.29) is 24.3 Å². The summed E-state index contributed by atoms with van der Waals surface area (Å²) in [5, 5.41) is 8.97. The van der Waals surface area contributed by atoms with Gasteiger partial charge in [-0.15, -0.1) is 0 Å². The molecule has 1 heterocycles. The molecule has 3 rings (SSSR count). The lowest BCUT2D eigenvalue weighted by molar-refractivity contribution is -0.141. The molecule has 0 aromatic heterocycles. The average molecular weight is 573 g/mol. The minimum Gasteiger partial charge on any atom is -0.489 e. The standard InChI is InChI=1S/C31H42F2N4O4/c1-6-19(2)28-31(40)37(5)21(4)29(38)36-26(16-22-9-12-24(32)13-10-22)30(39)34-15-7-8-23-11-14-25(33)17-27(23)41-20(3)18-35-28/h9-14,17,19-21,26,28,35H,6-8,15-16,18H2,1-5H3,(H,34,39)(H,36,38)/t19?,20-,21-,26-,28+/m1/s1. The third kappa shape index (κ3) is 8.98. The second-order valence-electron chi connectivity index (χ2n) is 10.9. The zero-order chi connectivity index (χ0) is 30.1. The van der Waals surface area contributed by atoms with Crippen LogP contribution in [0, 0.1) is 17.6 Å². The smallest absolute Gasteiger partial charge is 0.243 e. The third-order valence-corrected chi connectivity index (χ3v) is 7.68. The normalized spacial score (nSPS) is 24.3. The summed E-state index contributed by atoms with van der Waals surface area (Å²) in [6.45, 7) is 8.05. The molecule has 1 unspecified atom stereocenters. The minimum atomic E-state index is -0.938. The summed E-state index contributed by atoms with van der Waals surface area (Å²) in [5.41, 5.74) is 1.47. The van der Waals surface area contributed by atoms with Crippen LogP contribution in [0.5, 0.6) is 5.75 Å².